The molecule has 0 bridgehead atoms. The number of nitrogens with zero attached hydrogens (tertiary/aromatic N) is 3. The molecule has 0 N–H and O–H groups in total. The van der Waals surface area contributed by atoms with Crippen LogP contribution in [0.25, 0.3) is 10.2 Å². The Bertz CT molecular complexity index is 938. The molecule has 0 saturated carbocycles. The maximum Gasteiger partial charge on any atom is 0.260 e. The molecule has 0 radical (unpaired) electrons. The highest BCUT2D eigenvalue weighted by molar-refractivity contribution is 7.99. The van der Waals surface area contributed by atoms with Crippen LogP contribution in [0, 0.1) is 0 Å². The molecule has 0 saturated heterocycles. The zero-order chi connectivity index (χ0) is 20.1. The maximum absolute atomic E-state index is 13.3. The van der Waals surface area contributed by atoms with Gasteiger partial charge in [-0.3, -0.25) is 9.69 Å². The molecular formula is C21H25N3OS3. The number of fused-ring (bicyclic) bond motifs is 1. The number of thiazole rings is 1. The summed E-state index contributed by atoms with van der Waals surface area (Å²) in [6.07, 6.45) is 2.07. The number of anilines is 1. The number of aromatic nitrogens is 1. The van der Waals surface area contributed by atoms with Crippen LogP contribution < -0.4 is 4.90 Å². The van der Waals surface area contributed by atoms with Gasteiger partial charge >= 0.3 is 0 Å². The lowest BCUT2D eigenvalue weighted by Gasteiger charge is -2.22. The van der Waals surface area contributed by atoms with Crippen molar-refractivity contribution in [1.29, 1.82) is 0 Å². The van der Waals surface area contributed by atoms with Crippen LogP contribution >= 0.6 is 34.9 Å². The van der Waals surface area contributed by atoms with E-state index in [9.17, 15) is 4.79 Å². The number of rotatable bonds is 8. The molecule has 3 aromatic rings. The first-order valence-corrected chi connectivity index (χ1v) is 12.2. The van der Waals surface area contributed by atoms with Crippen molar-refractivity contribution in [2.24, 2.45) is 0 Å². The van der Waals surface area contributed by atoms with E-state index in [1.807, 2.05) is 49.3 Å². The summed E-state index contributed by atoms with van der Waals surface area (Å²) >= 11 is 5.07. The molecule has 1 aromatic heterocycles. The van der Waals surface area contributed by atoms with Gasteiger partial charge in [0.15, 0.2) is 5.13 Å². The van der Waals surface area contributed by atoms with Crippen molar-refractivity contribution in [2.75, 3.05) is 44.1 Å². The second-order valence-corrected chi connectivity index (χ2v) is 9.77. The lowest BCUT2D eigenvalue weighted by atomic mass is 10.2. The van der Waals surface area contributed by atoms with E-state index in [0.717, 1.165) is 27.6 Å². The molecule has 2 aromatic carbocycles. The van der Waals surface area contributed by atoms with Gasteiger partial charge in [-0.25, -0.2) is 4.98 Å². The van der Waals surface area contributed by atoms with Gasteiger partial charge in [0.2, 0.25) is 0 Å². The summed E-state index contributed by atoms with van der Waals surface area (Å²) in [6, 6.07) is 14.1. The van der Waals surface area contributed by atoms with Gasteiger partial charge in [0.05, 0.1) is 10.2 Å². The molecule has 0 aliphatic rings. The molecule has 0 unspecified atom stereocenters. The number of thioether (sulfide) groups is 2. The van der Waals surface area contributed by atoms with Crippen molar-refractivity contribution in [3.05, 3.63) is 48.0 Å². The molecule has 148 valence electrons. The first-order chi connectivity index (χ1) is 13.5. The predicted molar refractivity (Wildman–Crippen MR) is 124 cm³/mol. The van der Waals surface area contributed by atoms with Crippen molar-refractivity contribution in [3.63, 3.8) is 0 Å². The summed E-state index contributed by atoms with van der Waals surface area (Å²) in [5, 5.41) is 0.757. The minimum Gasteiger partial charge on any atom is -0.308 e. The highest BCUT2D eigenvalue weighted by Gasteiger charge is 2.21. The normalized spacial score (nSPS) is 11.3. The second-order valence-electron chi connectivity index (χ2n) is 6.55. The molecule has 28 heavy (non-hydrogen) atoms. The van der Waals surface area contributed by atoms with E-state index in [0.29, 0.717) is 12.1 Å². The van der Waals surface area contributed by atoms with Gasteiger partial charge in [-0.1, -0.05) is 18.3 Å². The lowest BCUT2D eigenvalue weighted by molar-refractivity contribution is 0.0985. The van der Waals surface area contributed by atoms with Crippen molar-refractivity contribution in [3.8, 4) is 0 Å². The zero-order valence-corrected chi connectivity index (χ0v) is 19.1. The van der Waals surface area contributed by atoms with Crippen molar-refractivity contribution in [2.45, 2.75) is 16.7 Å². The van der Waals surface area contributed by atoms with Gasteiger partial charge in [0, 0.05) is 28.4 Å². The number of hydrogen-bond donors (Lipinski definition) is 0. The van der Waals surface area contributed by atoms with Gasteiger partial charge in [0.25, 0.3) is 5.91 Å². The van der Waals surface area contributed by atoms with Crippen LogP contribution in [-0.2, 0) is 0 Å². The fraction of sp³-hybridized carbons (Fsp3) is 0.333. The predicted octanol–water partition coefficient (Wildman–Crippen LogP) is 5.34. The molecule has 0 fully saturated rings. The smallest absolute Gasteiger partial charge is 0.260 e. The average molecular weight is 432 g/mol. The number of hydrogen-bond acceptors (Lipinski definition) is 6. The summed E-state index contributed by atoms with van der Waals surface area (Å²) in [6.45, 7) is 3.51. The van der Waals surface area contributed by atoms with Gasteiger partial charge in [0.1, 0.15) is 0 Å². The summed E-state index contributed by atoms with van der Waals surface area (Å²) < 4.78 is 1.11. The Hall–Kier alpha value is -1.54. The summed E-state index contributed by atoms with van der Waals surface area (Å²) in [5.74, 6) is 1.02. The van der Waals surface area contributed by atoms with Crippen LogP contribution in [0.2, 0.25) is 0 Å². The molecule has 3 rings (SSSR count). The maximum atomic E-state index is 13.3. The Balaban J connectivity index is 1.92. The largest absolute Gasteiger partial charge is 0.308 e. The fourth-order valence-corrected chi connectivity index (χ4v) is 4.94. The van der Waals surface area contributed by atoms with Gasteiger partial charge in [-0.05, 0) is 68.6 Å². The molecule has 4 nitrogen and oxygen atoms in total. The Morgan fingerprint density at radius 3 is 2.43 bits per heavy atom. The average Bonchev–Trinajstić information content (AvgIpc) is 3.11. The quantitative estimate of drug-likeness (QED) is 0.450. The molecule has 7 heteroatoms. The SMILES string of the molecule is CCSc1ccc(C(=O)N(CCN(C)C)c2nc3ccc(SC)cc3s2)cc1. The van der Waals surface area contributed by atoms with Crippen LogP contribution in [0.3, 0.4) is 0 Å². The topological polar surface area (TPSA) is 36.4 Å². The number of carbonyl (C=O) groups excluding carboxylic acids is 1. The van der Waals surface area contributed by atoms with E-state index in [-0.39, 0.29) is 5.91 Å². The highest BCUT2D eigenvalue weighted by atomic mass is 32.2. The van der Waals surface area contributed by atoms with Crippen molar-refractivity contribution < 1.29 is 4.79 Å². The van der Waals surface area contributed by atoms with E-state index >= 15 is 0 Å². The third-order valence-corrected chi connectivity index (χ3v) is 6.90. The van der Waals surface area contributed by atoms with Gasteiger partial charge in [-0.15, -0.1) is 23.5 Å². The molecular weight excluding hydrogens is 406 g/mol. The third kappa shape index (κ3) is 5.08. The minimum absolute atomic E-state index is 0.000885. The van der Waals surface area contributed by atoms with Crippen LogP contribution in [-0.4, -0.2) is 55.0 Å². The number of amides is 1. The zero-order valence-electron chi connectivity index (χ0n) is 16.6. The number of benzene rings is 2. The Morgan fingerprint density at radius 1 is 1.07 bits per heavy atom. The van der Waals surface area contributed by atoms with Crippen LogP contribution in [0.1, 0.15) is 17.3 Å². The summed E-state index contributed by atoms with van der Waals surface area (Å²) in [7, 11) is 4.03. The minimum atomic E-state index is -0.000885. The molecule has 0 atom stereocenters. The number of likely N-dealkylation sites (N-methyl/N-ethyl adjacent to an activating group) is 1. The Kier molecular flexibility index (Phi) is 7.40. The van der Waals surface area contributed by atoms with E-state index in [4.69, 9.17) is 4.98 Å². The van der Waals surface area contributed by atoms with E-state index in [1.165, 1.54) is 9.79 Å². The third-order valence-electron chi connectivity index (χ3n) is 4.24. The van der Waals surface area contributed by atoms with Gasteiger partial charge in [-0.2, -0.15) is 0 Å². The molecule has 0 spiro atoms. The van der Waals surface area contributed by atoms with Gasteiger partial charge < -0.3 is 4.90 Å². The first kappa shape index (κ1) is 21.2. The summed E-state index contributed by atoms with van der Waals surface area (Å²) in [5.41, 5.74) is 1.64. The molecule has 1 heterocycles. The Labute approximate surface area is 179 Å². The number of carbonyl (C=O) groups is 1. The fourth-order valence-electron chi connectivity index (χ4n) is 2.74. The standard InChI is InChI=1S/C21H25N3OS3/c1-5-27-16-8-6-15(7-9-16)20(25)24(13-12-23(2)3)21-22-18-11-10-17(26-4)14-19(18)28-21/h6-11,14H,5,12-13H2,1-4H3. The molecule has 1 amide bonds. The monoisotopic (exact) mass is 431 g/mol. The van der Waals surface area contributed by atoms with Crippen LogP contribution in [0.5, 0.6) is 0 Å². The lowest BCUT2D eigenvalue weighted by Crippen LogP contribution is -2.36. The van der Waals surface area contributed by atoms with Crippen molar-refractivity contribution in [1.82, 2.24) is 9.88 Å². The van der Waals surface area contributed by atoms with E-state index in [2.05, 4.69) is 30.2 Å². The van der Waals surface area contributed by atoms with E-state index in [1.54, 1.807) is 34.9 Å². The van der Waals surface area contributed by atoms with Crippen LogP contribution in [0.4, 0.5) is 5.13 Å². The molecule has 0 aliphatic heterocycles. The van der Waals surface area contributed by atoms with E-state index < -0.39 is 0 Å². The summed E-state index contributed by atoms with van der Waals surface area (Å²) in [4.78, 5) is 24.3. The second kappa shape index (κ2) is 9.78. The first-order valence-electron chi connectivity index (χ1n) is 9.16. The van der Waals surface area contributed by atoms with Crippen molar-refractivity contribution >= 4 is 56.1 Å². The Morgan fingerprint density at radius 2 is 1.79 bits per heavy atom. The highest BCUT2D eigenvalue weighted by Crippen LogP contribution is 2.32. The van der Waals surface area contributed by atoms with Crippen LogP contribution in [0.15, 0.2) is 52.3 Å². The molecule has 0 aliphatic carbocycles.